The lowest BCUT2D eigenvalue weighted by Gasteiger charge is -2.35. The molecule has 1 aliphatic rings. The van der Waals surface area contributed by atoms with Gasteiger partial charge in [-0.3, -0.25) is 4.57 Å². The summed E-state index contributed by atoms with van der Waals surface area (Å²) >= 11 is 0. The van der Waals surface area contributed by atoms with E-state index in [1.807, 2.05) is 6.20 Å². The highest BCUT2D eigenvalue weighted by molar-refractivity contribution is 6.10. The Bertz CT molecular complexity index is 3510. The minimum absolute atomic E-state index is 0.0153. The molecule has 0 fully saturated rings. The molecule has 1 aliphatic heterocycles. The Morgan fingerprint density at radius 1 is 0.411 bits per heavy atom. The molecule has 0 atom stereocenters. The molecule has 2 aromatic heterocycles. The van der Waals surface area contributed by atoms with Crippen molar-refractivity contribution in [3.8, 4) is 28.4 Å². The van der Waals surface area contributed by atoms with Crippen LogP contribution in [0.25, 0.3) is 38.8 Å². The van der Waals surface area contributed by atoms with Crippen molar-refractivity contribution in [3.63, 3.8) is 0 Å². The highest BCUT2D eigenvalue weighted by Gasteiger charge is 2.37. The van der Waals surface area contributed by atoms with E-state index in [1.54, 1.807) is 0 Å². The molecule has 10 rings (SSSR count). The first kappa shape index (κ1) is 49.2. The van der Waals surface area contributed by atoms with Gasteiger partial charge in [-0.25, -0.2) is 4.98 Å². The van der Waals surface area contributed by atoms with Crippen molar-refractivity contribution in [2.75, 3.05) is 16.5 Å². The van der Waals surface area contributed by atoms with Gasteiger partial charge < -0.3 is 14.5 Å². The molecule has 9 aromatic rings. The molecule has 0 spiro atoms. The number of allylic oxidation sites excluding steroid dienone is 1. The summed E-state index contributed by atoms with van der Waals surface area (Å²) in [5.74, 6) is 2.43. The van der Waals surface area contributed by atoms with Gasteiger partial charge in [-0.15, -0.1) is 0 Å². The fraction of sp³-hybridized carbons (Fsp3) is 0.279. The fourth-order valence-corrected chi connectivity index (χ4v) is 10.5. The highest BCUT2D eigenvalue weighted by atomic mass is 16.5. The average molecular weight is 961 g/mol. The van der Waals surface area contributed by atoms with E-state index in [4.69, 9.17) is 9.72 Å². The van der Waals surface area contributed by atoms with Crippen LogP contribution in [0.4, 0.5) is 11.4 Å². The molecule has 5 heteroatoms. The van der Waals surface area contributed by atoms with Gasteiger partial charge in [0, 0.05) is 63.2 Å². The van der Waals surface area contributed by atoms with Crippen molar-refractivity contribution in [3.05, 3.63) is 227 Å². The van der Waals surface area contributed by atoms with Gasteiger partial charge in [0.25, 0.3) is 0 Å². The van der Waals surface area contributed by atoms with Crippen molar-refractivity contribution < 1.29 is 4.74 Å². The average Bonchev–Trinajstić information content (AvgIpc) is 3.97. The van der Waals surface area contributed by atoms with Crippen LogP contribution in [0.15, 0.2) is 194 Å². The third kappa shape index (κ3) is 9.59. The summed E-state index contributed by atoms with van der Waals surface area (Å²) in [5, 5.41) is 2.36. The predicted octanol–water partition coefficient (Wildman–Crippen LogP) is 18.0. The first-order valence-corrected chi connectivity index (χ1v) is 26.0. The second-order valence-corrected chi connectivity index (χ2v) is 24.4. The summed E-state index contributed by atoms with van der Waals surface area (Å²) < 4.78 is 9.49. The Hall–Kier alpha value is -7.37. The van der Waals surface area contributed by atoms with Crippen LogP contribution in [-0.2, 0) is 27.1 Å². The van der Waals surface area contributed by atoms with Crippen molar-refractivity contribution in [1.29, 1.82) is 0 Å². The first-order chi connectivity index (χ1) is 34.6. The van der Waals surface area contributed by atoms with Crippen LogP contribution in [0, 0.1) is 0 Å². The van der Waals surface area contributed by atoms with E-state index in [9.17, 15) is 0 Å². The Kier molecular flexibility index (Phi) is 12.3. The largest absolute Gasteiger partial charge is 0.457 e. The minimum Gasteiger partial charge on any atom is -0.457 e. The lowest BCUT2D eigenvalue weighted by atomic mass is 9.78. The van der Waals surface area contributed by atoms with Gasteiger partial charge in [0.1, 0.15) is 17.3 Å². The monoisotopic (exact) mass is 961 g/mol. The normalized spacial score (nSPS) is 13.8. The third-order valence-corrected chi connectivity index (χ3v) is 15.3. The highest BCUT2D eigenvalue weighted by Crippen LogP contribution is 2.45. The first-order valence-electron chi connectivity index (χ1n) is 26.0. The molecule has 5 nitrogen and oxygen atoms in total. The molecule has 0 unspecified atom stereocenters. The number of benzene rings is 7. The van der Waals surface area contributed by atoms with Gasteiger partial charge in [-0.1, -0.05) is 193 Å². The van der Waals surface area contributed by atoms with Gasteiger partial charge in [-0.2, -0.15) is 0 Å². The standard InChI is InChI=1S/C68H72N4O/c1-64(2,3)50-29-32-60-59(40-50)58-31-30-56(43-61(58)72(60)63-41-51(33-34-69-63)67(10,11)48-25-19-15-20-26-48)73-57-39-53(66(7,8)9)38-55(42-57)71-45-70(44-62(71)68(12,13)49-27-21-16-22-28-49)54-36-47(46-23-17-14-18-24-46)35-52(37-54)65(4,5)6/h14-44H,45H2,1-13H3. The summed E-state index contributed by atoms with van der Waals surface area (Å²) in [6.45, 7) is 30.5. The predicted molar refractivity (Wildman–Crippen MR) is 309 cm³/mol. The van der Waals surface area contributed by atoms with Crippen molar-refractivity contribution in [2.45, 2.75) is 117 Å². The van der Waals surface area contributed by atoms with E-state index in [0.29, 0.717) is 6.67 Å². The number of nitrogens with zero attached hydrogens (tertiary/aromatic N) is 4. The zero-order valence-corrected chi connectivity index (χ0v) is 45.3. The number of pyridine rings is 1. The van der Waals surface area contributed by atoms with Gasteiger partial charge >= 0.3 is 0 Å². The Labute approximate surface area is 434 Å². The topological polar surface area (TPSA) is 33.5 Å². The zero-order chi connectivity index (χ0) is 51.7. The van der Waals surface area contributed by atoms with Gasteiger partial charge in [0.2, 0.25) is 0 Å². The molecule has 0 aliphatic carbocycles. The molecular weight excluding hydrogens is 889 g/mol. The molecule has 3 heterocycles. The quantitative estimate of drug-likeness (QED) is 0.137. The third-order valence-electron chi connectivity index (χ3n) is 15.3. The summed E-state index contributed by atoms with van der Waals surface area (Å²) in [6, 6.07) is 64.3. The van der Waals surface area contributed by atoms with Crippen LogP contribution >= 0.6 is 0 Å². The van der Waals surface area contributed by atoms with Crippen molar-refractivity contribution in [2.24, 2.45) is 0 Å². The fourth-order valence-electron chi connectivity index (χ4n) is 10.5. The number of aromatic nitrogens is 2. The van der Waals surface area contributed by atoms with Crippen LogP contribution in [0.2, 0.25) is 0 Å². The number of hydrogen-bond acceptors (Lipinski definition) is 4. The van der Waals surface area contributed by atoms with E-state index in [0.717, 1.165) is 39.4 Å². The molecule has 7 aromatic carbocycles. The summed E-state index contributed by atoms with van der Waals surface area (Å²) in [5.41, 5.74) is 14.8. The number of anilines is 2. The molecule has 0 amide bonds. The van der Waals surface area contributed by atoms with E-state index in [1.165, 1.54) is 61.3 Å². The number of fused-ring (bicyclic) bond motifs is 3. The zero-order valence-electron chi connectivity index (χ0n) is 45.3. The van der Waals surface area contributed by atoms with Gasteiger partial charge in [0.15, 0.2) is 0 Å². The van der Waals surface area contributed by atoms with Crippen molar-refractivity contribution >= 4 is 33.2 Å². The summed E-state index contributed by atoms with van der Waals surface area (Å²) in [7, 11) is 0. The van der Waals surface area contributed by atoms with Crippen LogP contribution < -0.4 is 14.5 Å². The van der Waals surface area contributed by atoms with Gasteiger partial charge in [0.05, 0.1) is 17.7 Å². The SMILES string of the molecule is CC(C)(C)c1cc(-c2ccccc2)cc(N2C=C(C(C)(C)c3ccccc3)N(c3cc(Oc4ccc5c6cc(C(C)(C)C)ccc6n(-c6cc(C(C)(C)c7ccccc7)ccn6)c5c4)cc(C(C)(C)C)c3)C2)c1. The maximum absolute atomic E-state index is 7.16. The van der Waals surface area contributed by atoms with E-state index in [-0.39, 0.29) is 27.1 Å². The van der Waals surface area contributed by atoms with Crippen LogP contribution in [0.5, 0.6) is 11.5 Å². The lowest BCUT2D eigenvalue weighted by molar-refractivity contribution is 0.479. The molecule has 0 saturated carbocycles. The maximum Gasteiger partial charge on any atom is 0.137 e. The molecule has 0 saturated heterocycles. The number of hydrogen-bond donors (Lipinski definition) is 0. The summed E-state index contributed by atoms with van der Waals surface area (Å²) in [6.07, 6.45) is 4.34. The minimum atomic E-state index is -0.342. The second kappa shape index (κ2) is 18.3. The number of ether oxygens (including phenoxy) is 1. The molecular formula is C68H72N4O. The lowest BCUT2D eigenvalue weighted by Crippen LogP contribution is -2.34. The van der Waals surface area contributed by atoms with Crippen LogP contribution in [-0.4, -0.2) is 16.2 Å². The smallest absolute Gasteiger partial charge is 0.137 e. The van der Waals surface area contributed by atoms with Crippen LogP contribution in [0.1, 0.15) is 123 Å². The summed E-state index contributed by atoms with van der Waals surface area (Å²) in [4.78, 5) is 10.0. The Balaban J connectivity index is 1.10. The molecule has 0 radical (unpaired) electrons. The van der Waals surface area contributed by atoms with E-state index in [2.05, 4.69) is 287 Å². The molecule has 0 bridgehead atoms. The Morgan fingerprint density at radius 2 is 1.01 bits per heavy atom. The van der Waals surface area contributed by atoms with Gasteiger partial charge in [-0.05, 0) is 121 Å². The molecule has 0 N–H and O–H groups in total. The molecule has 73 heavy (non-hydrogen) atoms. The van der Waals surface area contributed by atoms with Crippen molar-refractivity contribution in [1.82, 2.24) is 9.55 Å². The second-order valence-electron chi connectivity index (χ2n) is 24.4. The van der Waals surface area contributed by atoms with E-state index < -0.39 is 0 Å². The Morgan fingerprint density at radius 3 is 1.66 bits per heavy atom. The van der Waals surface area contributed by atoms with E-state index >= 15 is 0 Å². The molecule has 370 valence electrons. The maximum atomic E-state index is 7.16. The number of rotatable bonds is 10. The van der Waals surface area contributed by atoms with Crippen LogP contribution in [0.3, 0.4) is 0 Å².